The first-order valence-electron chi connectivity index (χ1n) is 10.9. The molecule has 0 aliphatic carbocycles. The normalized spacial score (nSPS) is 17.6. The highest BCUT2D eigenvalue weighted by Crippen LogP contribution is 2.35. The fourth-order valence-corrected chi connectivity index (χ4v) is 4.95. The zero-order valence-corrected chi connectivity index (χ0v) is 19.2. The summed E-state index contributed by atoms with van der Waals surface area (Å²) in [5.74, 6) is 0.308. The number of rotatable bonds is 6. The number of fused-ring (bicyclic) bond motifs is 2. The van der Waals surface area contributed by atoms with Crippen molar-refractivity contribution in [2.45, 2.75) is 24.5 Å². The van der Waals surface area contributed by atoms with Crippen LogP contribution in [-0.4, -0.2) is 53.0 Å². The summed E-state index contributed by atoms with van der Waals surface area (Å²) in [7, 11) is 0. The Morgan fingerprint density at radius 2 is 2.03 bits per heavy atom. The third kappa shape index (κ3) is 4.19. The fourth-order valence-electron chi connectivity index (χ4n) is 4.16. The van der Waals surface area contributed by atoms with Gasteiger partial charge in [0.1, 0.15) is 6.10 Å². The summed E-state index contributed by atoms with van der Waals surface area (Å²) in [6.07, 6.45) is -0.846. The number of anilines is 2. The first-order chi connectivity index (χ1) is 16.4. The lowest BCUT2D eigenvalue weighted by atomic mass is 10.1. The third-order valence-electron chi connectivity index (χ3n) is 5.89. The van der Waals surface area contributed by atoms with Crippen LogP contribution in [0, 0.1) is 6.92 Å². The number of cyclic esters (lactones) is 1. The molecule has 2 aromatic carbocycles. The summed E-state index contributed by atoms with van der Waals surface area (Å²) in [6.45, 7) is 3.11. The molecule has 1 saturated heterocycles. The van der Waals surface area contributed by atoms with E-state index in [0.717, 1.165) is 10.5 Å². The zero-order chi connectivity index (χ0) is 23.8. The summed E-state index contributed by atoms with van der Waals surface area (Å²) >= 11 is 1.46. The molecular weight excluding hydrogens is 458 g/mol. The van der Waals surface area contributed by atoms with Gasteiger partial charge in [0.15, 0.2) is 0 Å². The summed E-state index contributed by atoms with van der Waals surface area (Å²) < 4.78 is 6.63. The summed E-state index contributed by atoms with van der Waals surface area (Å²) in [6, 6.07) is 10.8. The molecule has 2 aliphatic heterocycles. The van der Waals surface area contributed by atoms with Gasteiger partial charge in [0, 0.05) is 30.2 Å². The molecule has 2 amide bonds. The number of benzene rings is 2. The zero-order valence-electron chi connectivity index (χ0n) is 18.4. The Hall–Kier alpha value is -3.57. The number of aryl methyl sites for hydroxylation is 1. The van der Waals surface area contributed by atoms with E-state index in [-0.39, 0.29) is 24.1 Å². The number of carbonyl (C=O) groups is 2. The maximum Gasteiger partial charge on any atom is 0.414 e. The van der Waals surface area contributed by atoms with Crippen molar-refractivity contribution >= 4 is 46.0 Å². The number of amides is 2. The molecule has 5 rings (SSSR count). The van der Waals surface area contributed by atoms with Gasteiger partial charge in [0.2, 0.25) is 5.91 Å². The van der Waals surface area contributed by atoms with Crippen LogP contribution in [0.2, 0.25) is 0 Å². The number of nitrogens with one attached hydrogen (secondary N) is 3. The Bertz CT molecular complexity index is 1420. The van der Waals surface area contributed by atoms with Crippen molar-refractivity contribution in [1.82, 2.24) is 14.9 Å². The number of nitrogens with zero attached hydrogens (tertiary/aromatic N) is 2. The largest absolute Gasteiger partial charge is 0.443 e. The van der Waals surface area contributed by atoms with Crippen molar-refractivity contribution in [3.63, 3.8) is 0 Å². The van der Waals surface area contributed by atoms with E-state index in [9.17, 15) is 19.2 Å². The fraction of sp³-hybridized carbons (Fsp3) is 0.304. The summed E-state index contributed by atoms with van der Waals surface area (Å²) in [5.41, 5.74) is 1.95. The number of carbonyl (C=O) groups excluding carboxylic acids is 2. The monoisotopic (exact) mass is 481 g/mol. The molecule has 0 saturated carbocycles. The SMILES string of the molecule is Cc1cccc2c(=O)n(CCNCC3CN(c4ccc5c(c4)NC(=O)CS5)C(=O)O3)c(=O)[nH]c12. The highest BCUT2D eigenvalue weighted by molar-refractivity contribution is 8.00. The van der Waals surface area contributed by atoms with Crippen LogP contribution in [0.1, 0.15) is 5.56 Å². The molecule has 2 aliphatic rings. The predicted octanol–water partition coefficient (Wildman–Crippen LogP) is 1.66. The number of aromatic amines is 1. The second kappa shape index (κ2) is 8.99. The molecule has 1 aromatic heterocycles. The van der Waals surface area contributed by atoms with Gasteiger partial charge in [-0.15, -0.1) is 11.8 Å². The van der Waals surface area contributed by atoms with Crippen LogP contribution in [0.4, 0.5) is 16.2 Å². The van der Waals surface area contributed by atoms with Crippen molar-refractivity contribution < 1.29 is 14.3 Å². The van der Waals surface area contributed by atoms with Gasteiger partial charge in [-0.25, -0.2) is 9.59 Å². The van der Waals surface area contributed by atoms with Gasteiger partial charge < -0.3 is 20.4 Å². The minimum Gasteiger partial charge on any atom is -0.443 e. The number of ether oxygens (including phenoxy) is 1. The number of para-hydroxylation sites is 1. The van der Waals surface area contributed by atoms with E-state index in [1.54, 1.807) is 18.2 Å². The van der Waals surface area contributed by atoms with E-state index < -0.39 is 11.8 Å². The van der Waals surface area contributed by atoms with E-state index in [2.05, 4.69) is 15.6 Å². The standard InChI is InChI=1S/C23H23N5O5S/c1-13-3-2-4-16-20(13)26-22(31)27(21(16)30)8-7-24-10-15-11-28(23(32)33-15)14-5-6-18-17(9-14)25-19(29)12-34-18/h2-6,9,15,24H,7-8,10-12H2,1H3,(H,25,29)(H,26,31). The molecule has 0 spiro atoms. The Morgan fingerprint density at radius 1 is 1.18 bits per heavy atom. The van der Waals surface area contributed by atoms with E-state index in [1.807, 2.05) is 25.1 Å². The average Bonchev–Trinajstić information content (AvgIpc) is 3.19. The number of aromatic nitrogens is 2. The topological polar surface area (TPSA) is 126 Å². The number of H-pyrrole nitrogens is 1. The lowest BCUT2D eigenvalue weighted by Gasteiger charge is -2.20. The van der Waals surface area contributed by atoms with Gasteiger partial charge in [0.25, 0.3) is 5.56 Å². The Morgan fingerprint density at radius 3 is 2.88 bits per heavy atom. The number of thioether (sulfide) groups is 1. The molecule has 0 bridgehead atoms. The van der Waals surface area contributed by atoms with Crippen LogP contribution in [0.25, 0.3) is 10.9 Å². The maximum atomic E-state index is 12.7. The van der Waals surface area contributed by atoms with Crippen LogP contribution in [0.15, 0.2) is 50.9 Å². The van der Waals surface area contributed by atoms with E-state index in [0.29, 0.717) is 47.7 Å². The van der Waals surface area contributed by atoms with Gasteiger partial charge >= 0.3 is 11.8 Å². The molecule has 3 N–H and O–H groups in total. The number of hydrogen-bond acceptors (Lipinski definition) is 7. The smallest absolute Gasteiger partial charge is 0.414 e. The molecule has 11 heteroatoms. The van der Waals surface area contributed by atoms with Crippen LogP contribution >= 0.6 is 11.8 Å². The molecule has 10 nitrogen and oxygen atoms in total. The number of hydrogen-bond donors (Lipinski definition) is 3. The van der Waals surface area contributed by atoms with Crippen molar-refractivity contribution in [3.05, 3.63) is 62.8 Å². The van der Waals surface area contributed by atoms with Gasteiger partial charge in [-0.2, -0.15) is 0 Å². The van der Waals surface area contributed by atoms with Crippen LogP contribution < -0.4 is 26.8 Å². The second-order valence-corrected chi connectivity index (χ2v) is 9.24. The van der Waals surface area contributed by atoms with Crippen molar-refractivity contribution in [2.75, 3.05) is 35.6 Å². The Balaban J connectivity index is 1.20. The first-order valence-corrected chi connectivity index (χ1v) is 11.9. The van der Waals surface area contributed by atoms with Crippen molar-refractivity contribution in [2.24, 2.45) is 0 Å². The molecule has 1 unspecified atom stereocenters. The highest BCUT2D eigenvalue weighted by atomic mass is 32.2. The van der Waals surface area contributed by atoms with Crippen LogP contribution in [0.5, 0.6) is 0 Å². The predicted molar refractivity (Wildman–Crippen MR) is 130 cm³/mol. The molecule has 1 atom stereocenters. The average molecular weight is 482 g/mol. The molecule has 3 aromatic rings. The Kier molecular flexibility index (Phi) is 5.88. The van der Waals surface area contributed by atoms with Gasteiger partial charge in [-0.1, -0.05) is 12.1 Å². The summed E-state index contributed by atoms with van der Waals surface area (Å²) in [5, 5.41) is 6.46. The molecular formula is C23H23N5O5S. The van der Waals surface area contributed by atoms with Crippen molar-refractivity contribution in [1.29, 1.82) is 0 Å². The van der Waals surface area contributed by atoms with E-state index in [4.69, 9.17) is 4.74 Å². The van der Waals surface area contributed by atoms with E-state index >= 15 is 0 Å². The van der Waals surface area contributed by atoms with Gasteiger partial charge in [-0.3, -0.25) is 19.1 Å². The molecule has 176 valence electrons. The second-order valence-electron chi connectivity index (χ2n) is 8.22. The van der Waals surface area contributed by atoms with Gasteiger partial charge in [-0.05, 0) is 36.8 Å². The Labute approximate surface area is 198 Å². The van der Waals surface area contributed by atoms with Crippen LogP contribution in [-0.2, 0) is 16.1 Å². The van der Waals surface area contributed by atoms with Gasteiger partial charge in [0.05, 0.1) is 28.9 Å². The lowest BCUT2D eigenvalue weighted by Crippen LogP contribution is -2.39. The third-order valence-corrected chi connectivity index (χ3v) is 6.96. The summed E-state index contributed by atoms with van der Waals surface area (Å²) in [4.78, 5) is 54.5. The van der Waals surface area contributed by atoms with Crippen LogP contribution in [0.3, 0.4) is 0 Å². The van der Waals surface area contributed by atoms with Crippen molar-refractivity contribution in [3.8, 4) is 0 Å². The first kappa shape index (κ1) is 22.2. The molecule has 3 heterocycles. The minimum absolute atomic E-state index is 0.0692. The maximum absolute atomic E-state index is 12.7. The van der Waals surface area contributed by atoms with E-state index in [1.165, 1.54) is 21.2 Å². The molecule has 34 heavy (non-hydrogen) atoms. The molecule has 0 radical (unpaired) electrons. The highest BCUT2D eigenvalue weighted by Gasteiger charge is 2.32. The minimum atomic E-state index is -0.459. The molecule has 1 fully saturated rings. The lowest BCUT2D eigenvalue weighted by molar-refractivity contribution is -0.113. The quantitative estimate of drug-likeness (QED) is 0.457.